The van der Waals surface area contributed by atoms with Gasteiger partial charge in [-0.1, -0.05) is 12.1 Å². The van der Waals surface area contributed by atoms with Gasteiger partial charge in [0.25, 0.3) is 6.43 Å². The van der Waals surface area contributed by atoms with Crippen molar-refractivity contribution in [3.05, 3.63) is 29.8 Å². The molecule has 1 unspecified atom stereocenters. The standard InChI is InChI=1S/C11H15F2NO/c1-8(14-2)9-3-5-10(6-4-9)15-7-11(12)13/h3-6,8,11,14H,7H2,1-2H3. The van der Waals surface area contributed by atoms with Crippen molar-refractivity contribution in [2.24, 2.45) is 0 Å². The molecule has 1 aromatic rings. The lowest BCUT2D eigenvalue weighted by Gasteiger charge is -2.11. The van der Waals surface area contributed by atoms with Crippen LogP contribution in [0.1, 0.15) is 18.5 Å². The maximum absolute atomic E-state index is 11.8. The van der Waals surface area contributed by atoms with Crippen molar-refractivity contribution in [1.29, 1.82) is 0 Å². The second-order valence-corrected chi connectivity index (χ2v) is 3.28. The average molecular weight is 215 g/mol. The van der Waals surface area contributed by atoms with Crippen molar-refractivity contribution >= 4 is 0 Å². The summed E-state index contributed by atoms with van der Waals surface area (Å²) in [5.74, 6) is 0.474. The monoisotopic (exact) mass is 215 g/mol. The highest BCUT2D eigenvalue weighted by Crippen LogP contribution is 2.17. The van der Waals surface area contributed by atoms with Crippen LogP contribution in [0.3, 0.4) is 0 Å². The summed E-state index contributed by atoms with van der Waals surface area (Å²) in [6.45, 7) is 1.47. The fraction of sp³-hybridized carbons (Fsp3) is 0.455. The van der Waals surface area contributed by atoms with Gasteiger partial charge in [-0.2, -0.15) is 0 Å². The zero-order chi connectivity index (χ0) is 11.3. The molecular formula is C11H15F2NO. The van der Waals surface area contributed by atoms with Crippen molar-refractivity contribution < 1.29 is 13.5 Å². The second kappa shape index (κ2) is 5.66. The molecule has 15 heavy (non-hydrogen) atoms. The number of ether oxygens (including phenoxy) is 1. The van der Waals surface area contributed by atoms with E-state index in [0.717, 1.165) is 5.56 Å². The Balaban J connectivity index is 2.56. The molecule has 2 nitrogen and oxygen atoms in total. The Kier molecular flexibility index (Phi) is 4.49. The molecule has 84 valence electrons. The number of hydrogen-bond donors (Lipinski definition) is 1. The smallest absolute Gasteiger partial charge is 0.272 e. The van der Waals surface area contributed by atoms with Gasteiger partial charge in [-0.25, -0.2) is 8.78 Å². The fourth-order valence-corrected chi connectivity index (χ4v) is 1.18. The Morgan fingerprint density at radius 2 is 1.87 bits per heavy atom. The van der Waals surface area contributed by atoms with Crippen molar-refractivity contribution in [1.82, 2.24) is 5.32 Å². The Morgan fingerprint density at radius 3 is 2.33 bits per heavy atom. The molecule has 0 heterocycles. The van der Waals surface area contributed by atoms with E-state index in [4.69, 9.17) is 4.74 Å². The Bertz CT molecular complexity index is 287. The van der Waals surface area contributed by atoms with Gasteiger partial charge in [-0.05, 0) is 31.7 Å². The maximum atomic E-state index is 11.8. The van der Waals surface area contributed by atoms with Gasteiger partial charge >= 0.3 is 0 Å². The Labute approximate surface area is 88.3 Å². The third-order valence-corrected chi connectivity index (χ3v) is 2.19. The lowest BCUT2D eigenvalue weighted by Crippen LogP contribution is -2.12. The molecule has 1 aromatic carbocycles. The summed E-state index contributed by atoms with van der Waals surface area (Å²) in [6.07, 6.45) is -2.43. The van der Waals surface area contributed by atoms with Crippen LogP contribution in [0.25, 0.3) is 0 Å². The van der Waals surface area contributed by atoms with Crippen LogP contribution in [0, 0.1) is 0 Å². The van der Waals surface area contributed by atoms with Crippen LogP contribution >= 0.6 is 0 Å². The number of rotatable bonds is 5. The molecule has 1 rings (SSSR count). The second-order valence-electron chi connectivity index (χ2n) is 3.28. The van der Waals surface area contributed by atoms with Gasteiger partial charge in [0.1, 0.15) is 12.4 Å². The average Bonchev–Trinajstić information content (AvgIpc) is 2.26. The molecule has 4 heteroatoms. The van der Waals surface area contributed by atoms with Crippen LogP contribution in [0.2, 0.25) is 0 Å². The molecule has 1 atom stereocenters. The molecule has 0 aliphatic carbocycles. The van der Waals surface area contributed by atoms with Gasteiger partial charge in [-0.3, -0.25) is 0 Å². The van der Waals surface area contributed by atoms with Gasteiger partial charge in [0.05, 0.1) is 0 Å². The van der Waals surface area contributed by atoms with Crippen molar-refractivity contribution in [3.8, 4) is 5.75 Å². The summed E-state index contributed by atoms with van der Waals surface area (Å²) in [5, 5.41) is 3.09. The van der Waals surface area contributed by atoms with Gasteiger partial charge in [0.15, 0.2) is 0 Å². The van der Waals surface area contributed by atoms with E-state index >= 15 is 0 Å². The number of nitrogens with one attached hydrogen (secondary N) is 1. The van der Waals surface area contributed by atoms with E-state index in [1.165, 1.54) is 0 Å². The van der Waals surface area contributed by atoms with E-state index in [0.29, 0.717) is 5.75 Å². The number of alkyl halides is 2. The Morgan fingerprint density at radius 1 is 1.27 bits per heavy atom. The highest BCUT2D eigenvalue weighted by Gasteiger charge is 2.05. The van der Waals surface area contributed by atoms with Gasteiger partial charge in [0, 0.05) is 6.04 Å². The largest absolute Gasteiger partial charge is 0.488 e. The first-order valence-electron chi connectivity index (χ1n) is 4.81. The van der Waals surface area contributed by atoms with E-state index in [2.05, 4.69) is 5.32 Å². The molecule has 0 aliphatic rings. The topological polar surface area (TPSA) is 21.3 Å². The zero-order valence-corrected chi connectivity index (χ0v) is 8.84. The number of hydrogen-bond acceptors (Lipinski definition) is 2. The predicted molar refractivity (Wildman–Crippen MR) is 55.4 cm³/mol. The molecule has 1 N–H and O–H groups in total. The molecule has 0 radical (unpaired) electrons. The third kappa shape index (κ3) is 3.83. The Hall–Kier alpha value is -1.16. The summed E-state index contributed by atoms with van der Waals surface area (Å²) >= 11 is 0. The van der Waals surface area contributed by atoms with Crippen molar-refractivity contribution in [2.45, 2.75) is 19.4 Å². The first-order valence-corrected chi connectivity index (χ1v) is 4.81. The molecule has 0 aliphatic heterocycles. The van der Waals surface area contributed by atoms with Crippen LogP contribution in [0.15, 0.2) is 24.3 Å². The molecular weight excluding hydrogens is 200 g/mol. The highest BCUT2D eigenvalue weighted by atomic mass is 19.3. The van der Waals surface area contributed by atoms with Gasteiger partial charge < -0.3 is 10.1 Å². The molecule has 0 aromatic heterocycles. The van der Waals surface area contributed by atoms with Crippen LogP contribution < -0.4 is 10.1 Å². The first-order chi connectivity index (χ1) is 7.13. The lowest BCUT2D eigenvalue weighted by molar-refractivity contribution is 0.0819. The summed E-state index contributed by atoms with van der Waals surface area (Å²) in [4.78, 5) is 0. The first kappa shape index (κ1) is 11.9. The molecule has 0 bridgehead atoms. The van der Waals surface area contributed by atoms with Gasteiger partial charge in [0.2, 0.25) is 0 Å². The molecule has 0 spiro atoms. The quantitative estimate of drug-likeness (QED) is 0.815. The van der Waals surface area contributed by atoms with Crippen molar-refractivity contribution in [3.63, 3.8) is 0 Å². The van der Waals surface area contributed by atoms with Gasteiger partial charge in [-0.15, -0.1) is 0 Å². The minimum absolute atomic E-state index is 0.245. The normalized spacial score (nSPS) is 12.9. The van der Waals surface area contributed by atoms with E-state index in [1.54, 1.807) is 12.1 Å². The molecule has 0 saturated carbocycles. The molecule has 0 saturated heterocycles. The molecule has 0 fully saturated rings. The summed E-state index contributed by atoms with van der Waals surface area (Å²) < 4.78 is 28.6. The lowest BCUT2D eigenvalue weighted by atomic mass is 10.1. The number of halogens is 2. The van der Waals surface area contributed by atoms with E-state index in [-0.39, 0.29) is 6.04 Å². The van der Waals surface area contributed by atoms with E-state index in [1.807, 2.05) is 26.1 Å². The van der Waals surface area contributed by atoms with Crippen LogP contribution in [0.4, 0.5) is 8.78 Å². The minimum Gasteiger partial charge on any atom is -0.488 e. The summed E-state index contributed by atoms with van der Waals surface area (Å²) in [5.41, 5.74) is 1.10. The predicted octanol–water partition coefficient (Wildman–Crippen LogP) is 2.61. The third-order valence-electron chi connectivity index (χ3n) is 2.19. The van der Waals surface area contributed by atoms with Crippen molar-refractivity contribution in [2.75, 3.05) is 13.7 Å². The highest BCUT2D eigenvalue weighted by molar-refractivity contribution is 5.28. The van der Waals surface area contributed by atoms with Crippen LogP contribution in [0.5, 0.6) is 5.75 Å². The zero-order valence-electron chi connectivity index (χ0n) is 8.84. The summed E-state index contributed by atoms with van der Waals surface area (Å²) in [6, 6.07) is 7.37. The maximum Gasteiger partial charge on any atom is 0.272 e. The van der Waals surface area contributed by atoms with E-state index < -0.39 is 13.0 Å². The van der Waals surface area contributed by atoms with Crippen LogP contribution in [-0.4, -0.2) is 20.1 Å². The van der Waals surface area contributed by atoms with Crippen LogP contribution in [-0.2, 0) is 0 Å². The minimum atomic E-state index is -2.43. The summed E-state index contributed by atoms with van der Waals surface area (Å²) in [7, 11) is 1.87. The number of benzene rings is 1. The SMILES string of the molecule is CNC(C)c1ccc(OCC(F)F)cc1. The van der Waals surface area contributed by atoms with E-state index in [9.17, 15) is 8.78 Å². The fourth-order valence-electron chi connectivity index (χ4n) is 1.18. The molecule has 0 amide bonds.